The first-order chi connectivity index (χ1) is 9.58. The lowest BCUT2D eigenvalue weighted by Crippen LogP contribution is -2.37. The molecule has 5 nitrogen and oxygen atoms in total. The van der Waals surface area contributed by atoms with Crippen molar-refractivity contribution in [2.45, 2.75) is 31.3 Å². The summed E-state index contributed by atoms with van der Waals surface area (Å²) in [5.74, 6) is 0.757. The van der Waals surface area contributed by atoms with Crippen LogP contribution in [0.25, 0.3) is 0 Å². The van der Waals surface area contributed by atoms with Gasteiger partial charge < -0.3 is 10.6 Å². The first-order valence-electron chi connectivity index (χ1n) is 7.03. The molecule has 0 spiro atoms. The normalized spacial score (nSPS) is 26.6. The molecule has 2 bridgehead atoms. The second-order valence-corrected chi connectivity index (χ2v) is 6.07. The highest BCUT2D eigenvalue weighted by Crippen LogP contribution is 2.33. The number of halogens is 1. The number of hydrogen-bond acceptors (Lipinski definition) is 4. The van der Waals surface area contributed by atoms with Crippen LogP contribution in [0.1, 0.15) is 24.8 Å². The summed E-state index contributed by atoms with van der Waals surface area (Å²) >= 11 is 6.39. The van der Waals surface area contributed by atoms with Gasteiger partial charge in [0.15, 0.2) is 0 Å². The van der Waals surface area contributed by atoms with Crippen molar-refractivity contribution < 1.29 is 0 Å². The van der Waals surface area contributed by atoms with Gasteiger partial charge in [-0.25, -0.2) is 4.98 Å². The standard InChI is InChI=1S/C14H20ClN5/c1-19-9-2-3-10(19)8-20(7-5-9)14-12(15)11(13(16)17)4-6-18-14/h4,6,9-10H,2-3,5,7-8H2,1H3,(H3,16,17). The number of pyridine rings is 1. The molecule has 2 atom stereocenters. The third-order valence-electron chi connectivity index (χ3n) is 4.61. The number of nitrogen functional groups attached to an aromatic ring is 1. The maximum atomic E-state index is 7.58. The molecule has 0 aliphatic carbocycles. The van der Waals surface area contributed by atoms with E-state index < -0.39 is 0 Å². The molecule has 2 unspecified atom stereocenters. The molecule has 3 N–H and O–H groups in total. The summed E-state index contributed by atoms with van der Waals surface area (Å²) < 4.78 is 0. The van der Waals surface area contributed by atoms with Crippen molar-refractivity contribution in [1.29, 1.82) is 5.41 Å². The summed E-state index contributed by atoms with van der Waals surface area (Å²) in [6.45, 7) is 1.90. The second kappa shape index (κ2) is 5.22. The lowest BCUT2D eigenvalue weighted by atomic mass is 10.1. The van der Waals surface area contributed by atoms with E-state index in [9.17, 15) is 0 Å². The summed E-state index contributed by atoms with van der Waals surface area (Å²) in [7, 11) is 2.22. The van der Waals surface area contributed by atoms with Crippen LogP contribution in [-0.2, 0) is 0 Å². The van der Waals surface area contributed by atoms with Crippen LogP contribution in [0.2, 0.25) is 5.02 Å². The van der Waals surface area contributed by atoms with Crippen molar-refractivity contribution >= 4 is 23.3 Å². The van der Waals surface area contributed by atoms with Gasteiger partial charge in [-0.3, -0.25) is 10.3 Å². The van der Waals surface area contributed by atoms with E-state index in [1.165, 1.54) is 12.8 Å². The van der Waals surface area contributed by atoms with Gasteiger partial charge in [0, 0.05) is 36.9 Å². The molecule has 0 radical (unpaired) electrons. The van der Waals surface area contributed by atoms with Crippen LogP contribution < -0.4 is 10.6 Å². The molecule has 3 heterocycles. The van der Waals surface area contributed by atoms with Crippen molar-refractivity contribution in [1.82, 2.24) is 9.88 Å². The van der Waals surface area contributed by atoms with Gasteiger partial charge in [-0.05, 0) is 32.4 Å². The molecule has 2 aliphatic heterocycles. The van der Waals surface area contributed by atoms with Crippen LogP contribution in [0.5, 0.6) is 0 Å². The summed E-state index contributed by atoms with van der Waals surface area (Å²) in [4.78, 5) is 9.15. The molecule has 20 heavy (non-hydrogen) atoms. The van der Waals surface area contributed by atoms with Crippen LogP contribution in [-0.4, -0.2) is 47.9 Å². The number of hydrogen-bond donors (Lipinski definition) is 2. The Morgan fingerprint density at radius 3 is 2.90 bits per heavy atom. The number of aromatic nitrogens is 1. The SMILES string of the molecule is CN1C2CCC1CN(c1nccc(C(=N)N)c1Cl)CC2. The monoisotopic (exact) mass is 293 g/mol. The fraction of sp³-hybridized carbons (Fsp3) is 0.571. The minimum absolute atomic E-state index is 0.00730. The van der Waals surface area contributed by atoms with E-state index in [0.29, 0.717) is 22.7 Å². The molecule has 108 valence electrons. The Kier molecular flexibility index (Phi) is 3.56. The molecule has 0 amide bonds. The number of rotatable bonds is 2. The summed E-state index contributed by atoms with van der Waals surface area (Å²) in [5.41, 5.74) is 6.14. The van der Waals surface area contributed by atoms with Crippen LogP contribution in [0.15, 0.2) is 12.3 Å². The van der Waals surface area contributed by atoms with Gasteiger partial charge in [-0.2, -0.15) is 0 Å². The number of fused-ring (bicyclic) bond motifs is 2. The fourth-order valence-electron chi connectivity index (χ4n) is 3.36. The van der Waals surface area contributed by atoms with Gasteiger partial charge in [0.25, 0.3) is 0 Å². The van der Waals surface area contributed by atoms with Crippen molar-refractivity contribution in [2.24, 2.45) is 5.73 Å². The molecule has 0 saturated carbocycles. The van der Waals surface area contributed by atoms with Gasteiger partial charge in [-0.1, -0.05) is 11.6 Å². The van der Waals surface area contributed by atoms with E-state index >= 15 is 0 Å². The quantitative estimate of drug-likeness (QED) is 0.643. The van der Waals surface area contributed by atoms with Crippen molar-refractivity contribution in [3.8, 4) is 0 Å². The Morgan fingerprint density at radius 2 is 2.15 bits per heavy atom. The van der Waals surface area contributed by atoms with E-state index in [1.54, 1.807) is 12.3 Å². The molecule has 2 fully saturated rings. The third kappa shape index (κ3) is 2.25. The number of nitrogens with zero attached hydrogens (tertiary/aromatic N) is 3. The Labute approximate surface area is 124 Å². The molecule has 3 rings (SSSR count). The Hall–Kier alpha value is -1.33. The molecule has 1 aromatic heterocycles. The average Bonchev–Trinajstić information content (AvgIpc) is 2.64. The lowest BCUT2D eigenvalue weighted by molar-refractivity contribution is 0.254. The highest BCUT2D eigenvalue weighted by molar-refractivity contribution is 6.36. The fourth-order valence-corrected chi connectivity index (χ4v) is 3.70. The zero-order chi connectivity index (χ0) is 14.3. The van der Waals surface area contributed by atoms with E-state index in [4.69, 9.17) is 22.7 Å². The Morgan fingerprint density at radius 1 is 1.40 bits per heavy atom. The van der Waals surface area contributed by atoms with Gasteiger partial charge >= 0.3 is 0 Å². The van der Waals surface area contributed by atoms with Crippen LogP contribution in [0, 0.1) is 5.41 Å². The van der Waals surface area contributed by atoms with Crippen molar-refractivity contribution in [3.63, 3.8) is 0 Å². The van der Waals surface area contributed by atoms with E-state index in [2.05, 4.69) is 21.8 Å². The molecule has 6 heteroatoms. The largest absolute Gasteiger partial charge is 0.384 e. The molecule has 2 aliphatic rings. The predicted octanol–water partition coefficient (Wildman–Crippen LogP) is 1.69. The maximum absolute atomic E-state index is 7.58. The van der Waals surface area contributed by atoms with Gasteiger partial charge in [0.05, 0.1) is 5.02 Å². The van der Waals surface area contributed by atoms with E-state index in [0.717, 1.165) is 25.3 Å². The van der Waals surface area contributed by atoms with E-state index in [1.807, 2.05) is 0 Å². The zero-order valence-corrected chi connectivity index (χ0v) is 12.4. The topological polar surface area (TPSA) is 69.2 Å². The summed E-state index contributed by atoms with van der Waals surface area (Å²) in [6, 6.07) is 2.95. The first kappa shape index (κ1) is 13.6. The molecule has 1 aromatic rings. The number of amidine groups is 1. The minimum Gasteiger partial charge on any atom is -0.384 e. The highest BCUT2D eigenvalue weighted by atomic mass is 35.5. The van der Waals surface area contributed by atoms with Gasteiger partial charge in [-0.15, -0.1) is 0 Å². The van der Waals surface area contributed by atoms with E-state index in [-0.39, 0.29) is 5.84 Å². The number of nitrogens with one attached hydrogen (secondary N) is 1. The first-order valence-corrected chi connectivity index (χ1v) is 7.41. The smallest absolute Gasteiger partial charge is 0.148 e. The minimum atomic E-state index is -0.00730. The Bertz CT molecular complexity index is 532. The van der Waals surface area contributed by atoms with Gasteiger partial charge in [0.1, 0.15) is 11.7 Å². The molecule has 2 saturated heterocycles. The Balaban J connectivity index is 1.90. The third-order valence-corrected chi connectivity index (χ3v) is 4.98. The second-order valence-electron chi connectivity index (χ2n) is 5.69. The number of anilines is 1. The van der Waals surface area contributed by atoms with Gasteiger partial charge in [0.2, 0.25) is 0 Å². The van der Waals surface area contributed by atoms with Crippen LogP contribution in [0.4, 0.5) is 5.82 Å². The van der Waals surface area contributed by atoms with Crippen molar-refractivity contribution in [2.75, 3.05) is 25.0 Å². The zero-order valence-electron chi connectivity index (χ0n) is 11.6. The average molecular weight is 294 g/mol. The number of nitrogens with two attached hydrogens (primary N) is 1. The molecule has 0 aromatic carbocycles. The summed E-state index contributed by atoms with van der Waals surface area (Å²) in [5, 5.41) is 8.08. The maximum Gasteiger partial charge on any atom is 0.148 e. The summed E-state index contributed by atoms with van der Waals surface area (Å²) in [6.07, 6.45) is 5.35. The lowest BCUT2D eigenvalue weighted by Gasteiger charge is -2.27. The van der Waals surface area contributed by atoms with Crippen LogP contribution in [0.3, 0.4) is 0 Å². The predicted molar refractivity (Wildman–Crippen MR) is 81.7 cm³/mol. The molecular formula is C14H20ClN5. The molecular weight excluding hydrogens is 274 g/mol. The van der Waals surface area contributed by atoms with Crippen LogP contribution >= 0.6 is 11.6 Å². The highest BCUT2D eigenvalue weighted by Gasteiger charge is 2.35. The van der Waals surface area contributed by atoms with Crippen molar-refractivity contribution in [3.05, 3.63) is 22.8 Å². The number of likely N-dealkylation sites (N-methyl/N-ethyl adjacent to an activating group) is 1.